The van der Waals surface area contributed by atoms with Crippen molar-refractivity contribution in [3.8, 4) is 0 Å². The minimum absolute atomic E-state index is 0.0469. The van der Waals surface area contributed by atoms with Crippen LogP contribution < -0.4 is 16.4 Å². The second kappa shape index (κ2) is 5.08. The van der Waals surface area contributed by atoms with E-state index in [0.29, 0.717) is 23.8 Å². The van der Waals surface area contributed by atoms with Crippen molar-refractivity contribution < 1.29 is 4.79 Å². The monoisotopic (exact) mass is 233 g/mol. The Hall–Kier alpha value is -1.71. The molecule has 0 aromatic heterocycles. The first-order valence-corrected chi connectivity index (χ1v) is 6.15. The molecule has 1 fully saturated rings. The van der Waals surface area contributed by atoms with Gasteiger partial charge in [-0.05, 0) is 44.4 Å². The number of benzene rings is 1. The highest BCUT2D eigenvalue weighted by Gasteiger charge is 2.19. The molecule has 4 heteroatoms. The third kappa shape index (κ3) is 2.70. The summed E-state index contributed by atoms with van der Waals surface area (Å²) in [4.78, 5) is 11.9. The molecule has 0 radical (unpaired) electrons. The van der Waals surface area contributed by atoms with Crippen molar-refractivity contribution in [2.75, 3.05) is 17.6 Å². The fraction of sp³-hybridized carbons (Fsp3) is 0.462. The van der Waals surface area contributed by atoms with Crippen molar-refractivity contribution in [2.45, 2.75) is 32.2 Å². The van der Waals surface area contributed by atoms with Gasteiger partial charge in [0, 0.05) is 24.0 Å². The summed E-state index contributed by atoms with van der Waals surface area (Å²) in [5.41, 5.74) is 7.97. The van der Waals surface area contributed by atoms with Crippen molar-refractivity contribution in [3.05, 3.63) is 23.8 Å². The van der Waals surface area contributed by atoms with Crippen molar-refractivity contribution in [3.63, 3.8) is 0 Å². The molecule has 0 atom stereocenters. The maximum Gasteiger partial charge on any atom is 0.253 e. The van der Waals surface area contributed by atoms with E-state index in [1.807, 2.05) is 13.0 Å². The molecule has 1 saturated carbocycles. The van der Waals surface area contributed by atoms with Crippen molar-refractivity contribution in [1.82, 2.24) is 5.32 Å². The molecule has 92 valence electrons. The Morgan fingerprint density at radius 3 is 2.82 bits per heavy atom. The zero-order chi connectivity index (χ0) is 12.3. The quantitative estimate of drug-likeness (QED) is 0.697. The van der Waals surface area contributed by atoms with Gasteiger partial charge < -0.3 is 16.4 Å². The average Bonchev–Trinajstić information content (AvgIpc) is 2.24. The number of nitrogen functional groups attached to an aromatic ring is 1. The largest absolute Gasteiger partial charge is 0.399 e. The number of hydrogen-bond acceptors (Lipinski definition) is 3. The Morgan fingerprint density at radius 1 is 1.47 bits per heavy atom. The lowest BCUT2D eigenvalue weighted by atomic mass is 9.92. The Labute approximate surface area is 102 Å². The highest BCUT2D eigenvalue weighted by atomic mass is 16.1. The van der Waals surface area contributed by atoms with E-state index in [9.17, 15) is 4.79 Å². The first kappa shape index (κ1) is 11.8. The molecule has 0 spiro atoms. The van der Waals surface area contributed by atoms with E-state index >= 15 is 0 Å². The van der Waals surface area contributed by atoms with Gasteiger partial charge in [-0.25, -0.2) is 0 Å². The minimum atomic E-state index is -0.0469. The normalized spacial score (nSPS) is 15.1. The Balaban J connectivity index is 2.19. The molecular weight excluding hydrogens is 214 g/mol. The Bertz CT molecular complexity index is 413. The summed E-state index contributed by atoms with van der Waals surface area (Å²) in [6.45, 7) is 2.54. The number of carbonyl (C=O) groups excluding carboxylic acids is 1. The maximum absolute atomic E-state index is 11.9. The Kier molecular flexibility index (Phi) is 3.52. The fourth-order valence-corrected chi connectivity index (χ4v) is 1.91. The van der Waals surface area contributed by atoms with Gasteiger partial charge in [-0.3, -0.25) is 4.79 Å². The van der Waals surface area contributed by atoms with Crippen LogP contribution in [0.1, 0.15) is 36.5 Å². The number of rotatable bonds is 4. The standard InChI is InChI=1S/C13H19N3O/c1-2-15-13(17)11-7-6-9(14)8-12(11)16-10-4-3-5-10/h6-8,10,16H,2-5,14H2,1H3,(H,15,17). The first-order valence-electron chi connectivity index (χ1n) is 6.15. The SMILES string of the molecule is CCNC(=O)c1ccc(N)cc1NC1CCC1. The molecule has 0 unspecified atom stereocenters. The Morgan fingerprint density at radius 2 is 2.24 bits per heavy atom. The summed E-state index contributed by atoms with van der Waals surface area (Å²) in [6, 6.07) is 5.87. The van der Waals surface area contributed by atoms with Crippen LogP contribution in [0.4, 0.5) is 11.4 Å². The number of nitrogens with one attached hydrogen (secondary N) is 2. The van der Waals surface area contributed by atoms with E-state index in [1.54, 1.807) is 12.1 Å². The molecule has 4 nitrogen and oxygen atoms in total. The molecule has 0 bridgehead atoms. The molecule has 0 heterocycles. The van der Waals surface area contributed by atoms with E-state index in [2.05, 4.69) is 10.6 Å². The molecular formula is C13H19N3O. The van der Waals surface area contributed by atoms with Crippen LogP contribution in [0.15, 0.2) is 18.2 Å². The van der Waals surface area contributed by atoms with Crippen LogP contribution in [0.3, 0.4) is 0 Å². The summed E-state index contributed by atoms with van der Waals surface area (Å²) < 4.78 is 0. The molecule has 1 aliphatic rings. The number of hydrogen-bond donors (Lipinski definition) is 3. The van der Waals surface area contributed by atoms with Crippen molar-refractivity contribution >= 4 is 17.3 Å². The van der Waals surface area contributed by atoms with Gasteiger partial charge in [-0.2, -0.15) is 0 Å². The molecule has 1 aliphatic carbocycles. The lowest BCUT2D eigenvalue weighted by Gasteiger charge is -2.28. The van der Waals surface area contributed by atoms with Gasteiger partial charge in [0.1, 0.15) is 0 Å². The summed E-state index contributed by atoms with van der Waals surface area (Å²) in [7, 11) is 0. The minimum Gasteiger partial charge on any atom is -0.399 e. The predicted molar refractivity (Wildman–Crippen MR) is 70.1 cm³/mol. The molecule has 4 N–H and O–H groups in total. The van der Waals surface area contributed by atoms with Gasteiger partial charge in [0.15, 0.2) is 0 Å². The van der Waals surface area contributed by atoms with Gasteiger partial charge in [-0.1, -0.05) is 0 Å². The summed E-state index contributed by atoms with van der Waals surface area (Å²) in [5, 5.41) is 6.20. The molecule has 1 amide bonds. The molecule has 2 rings (SSSR count). The second-order valence-corrected chi connectivity index (χ2v) is 4.44. The van der Waals surface area contributed by atoms with Gasteiger partial charge in [0.25, 0.3) is 5.91 Å². The van der Waals surface area contributed by atoms with Gasteiger partial charge in [0.2, 0.25) is 0 Å². The zero-order valence-electron chi connectivity index (χ0n) is 10.1. The first-order chi connectivity index (χ1) is 8.20. The fourth-order valence-electron chi connectivity index (χ4n) is 1.91. The topological polar surface area (TPSA) is 67.2 Å². The van der Waals surface area contributed by atoms with E-state index in [1.165, 1.54) is 19.3 Å². The molecule has 0 saturated heterocycles. The third-order valence-electron chi connectivity index (χ3n) is 3.09. The van der Waals surface area contributed by atoms with Crippen LogP contribution in [-0.4, -0.2) is 18.5 Å². The average molecular weight is 233 g/mol. The van der Waals surface area contributed by atoms with E-state index in [-0.39, 0.29) is 5.91 Å². The second-order valence-electron chi connectivity index (χ2n) is 4.44. The number of anilines is 2. The van der Waals surface area contributed by atoms with Crippen molar-refractivity contribution in [1.29, 1.82) is 0 Å². The van der Waals surface area contributed by atoms with E-state index < -0.39 is 0 Å². The lowest BCUT2D eigenvalue weighted by Crippen LogP contribution is -2.30. The molecule has 0 aliphatic heterocycles. The lowest BCUT2D eigenvalue weighted by molar-refractivity contribution is 0.0956. The smallest absolute Gasteiger partial charge is 0.253 e. The van der Waals surface area contributed by atoms with Gasteiger partial charge in [0.05, 0.1) is 5.56 Å². The van der Waals surface area contributed by atoms with Gasteiger partial charge >= 0.3 is 0 Å². The molecule has 1 aromatic rings. The third-order valence-corrected chi connectivity index (χ3v) is 3.09. The zero-order valence-corrected chi connectivity index (χ0v) is 10.1. The van der Waals surface area contributed by atoms with E-state index in [4.69, 9.17) is 5.73 Å². The summed E-state index contributed by atoms with van der Waals surface area (Å²) in [6.07, 6.45) is 3.60. The van der Waals surface area contributed by atoms with Gasteiger partial charge in [-0.15, -0.1) is 0 Å². The number of nitrogens with two attached hydrogens (primary N) is 1. The summed E-state index contributed by atoms with van der Waals surface area (Å²) >= 11 is 0. The molecule has 1 aromatic carbocycles. The number of amides is 1. The van der Waals surface area contributed by atoms with Crippen LogP contribution in [0, 0.1) is 0 Å². The maximum atomic E-state index is 11.9. The highest BCUT2D eigenvalue weighted by molar-refractivity contribution is 6.00. The van der Waals surface area contributed by atoms with Crippen LogP contribution in [0.2, 0.25) is 0 Å². The van der Waals surface area contributed by atoms with Crippen LogP contribution in [0.5, 0.6) is 0 Å². The number of carbonyl (C=O) groups is 1. The van der Waals surface area contributed by atoms with Crippen LogP contribution in [0.25, 0.3) is 0 Å². The highest BCUT2D eigenvalue weighted by Crippen LogP contribution is 2.26. The summed E-state index contributed by atoms with van der Waals surface area (Å²) in [5.74, 6) is -0.0469. The van der Waals surface area contributed by atoms with Crippen LogP contribution in [-0.2, 0) is 0 Å². The predicted octanol–water partition coefficient (Wildman–Crippen LogP) is 1.98. The molecule has 17 heavy (non-hydrogen) atoms. The van der Waals surface area contributed by atoms with Crippen molar-refractivity contribution in [2.24, 2.45) is 0 Å². The van der Waals surface area contributed by atoms with E-state index in [0.717, 1.165) is 5.69 Å². The van der Waals surface area contributed by atoms with Crippen LogP contribution >= 0.6 is 0 Å².